The van der Waals surface area contributed by atoms with Crippen molar-refractivity contribution in [1.82, 2.24) is 4.90 Å². The van der Waals surface area contributed by atoms with Crippen molar-refractivity contribution in [2.24, 2.45) is 5.73 Å². The molecular weight excluding hydrogens is 260 g/mol. The molecule has 0 aliphatic carbocycles. The molecule has 0 heterocycles. The van der Waals surface area contributed by atoms with E-state index in [4.69, 9.17) is 10.5 Å². The summed E-state index contributed by atoms with van der Waals surface area (Å²) in [7, 11) is 5.85. The Balaban J connectivity index is 2.46. The van der Waals surface area contributed by atoms with E-state index in [9.17, 15) is 0 Å². The minimum atomic E-state index is 0.0135. The summed E-state index contributed by atoms with van der Waals surface area (Å²) in [5, 5.41) is 0. The number of ether oxygens (including phenoxy) is 1. The van der Waals surface area contributed by atoms with Crippen LogP contribution in [0.1, 0.15) is 24.1 Å². The van der Waals surface area contributed by atoms with Crippen LogP contribution in [0.15, 0.2) is 42.5 Å². The lowest BCUT2D eigenvalue weighted by Gasteiger charge is -2.15. The van der Waals surface area contributed by atoms with Gasteiger partial charge in [0.25, 0.3) is 0 Å². The molecule has 2 aromatic rings. The normalized spacial score (nSPS) is 12.5. The van der Waals surface area contributed by atoms with Crippen LogP contribution in [0.2, 0.25) is 0 Å². The van der Waals surface area contributed by atoms with Crippen LogP contribution >= 0.6 is 0 Å². The molecule has 0 saturated carbocycles. The van der Waals surface area contributed by atoms with E-state index in [1.165, 1.54) is 5.56 Å². The van der Waals surface area contributed by atoms with Crippen molar-refractivity contribution in [2.45, 2.75) is 19.5 Å². The van der Waals surface area contributed by atoms with Crippen LogP contribution in [0.25, 0.3) is 11.1 Å². The van der Waals surface area contributed by atoms with Crippen molar-refractivity contribution < 1.29 is 4.74 Å². The van der Waals surface area contributed by atoms with Gasteiger partial charge in [-0.15, -0.1) is 0 Å². The van der Waals surface area contributed by atoms with Gasteiger partial charge in [-0.2, -0.15) is 0 Å². The number of hydrogen-bond acceptors (Lipinski definition) is 3. The van der Waals surface area contributed by atoms with Crippen LogP contribution in [0.5, 0.6) is 5.75 Å². The third-order valence-corrected chi connectivity index (χ3v) is 3.49. The number of benzene rings is 2. The van der Waals surface area contributed by atoms with Gasteiger partial charge < -0.3 is 15.4 Å². The molecule has 0 aromatic heterocycles. The topological polar surface area (TPSA) is 38.5 Å². The largest absolute Gasteiger partial charge is 0.496 e. The minimum Gasteiger partial charge on any atom is -0.496 e. The fourth-order valence-electron chi connectivity index (χ4n) is 2.44. The number of nitrogens with zero attached hydrogens (tertiary/aromatic N) is 1. The van der Waals surface area contributed by atoms with E-state index in [0.717, 1.165) is 29.0 Å². The fraction of sp³-hybridized carbons (Fsp3) is 0.333. The quantitative estimate of drug-likeness (QED) is 0.914. The average molecular weight is 284 g/mol. The summed E-state index contributed by atoms with van der Waals surface area (Å²) in [4.78, 5) is 2.16. The summed E-state index contributed by atoms with van der Waals surface area (Å²) in [6.45, 7) is 2.91. The molecule has 0 fully saturated rings. The Kier molecular flexibility index (Phi) is 4.99. The Morgan fingerprint density at radius 3 is 2.52 bits per heavy atom. The smallest absolute Gasteiger partial charge is 0.126 e. The predicted molar refractivity (Wildman–Crippen MR) is 88.4 cm³/mol. The zero-order valence-corrected chi connectivity index (χ0v) is 13.3. The fourth-order valence-corrected chi connectivity index (χ4v) is 2.44. The Hall–Kier alpha value is -1.84. The van der Waals surface area contributed by atoms with Gasteiger partial charge in [-0.25, -0.2) is 0 Å². The van der Waals surface area contributed by atoms with Crippen LogP contribution in [-0.4, -0.2) is 26.1 Å². The van der Waals surface area contributed by atoms with Crippen LogP contribution in [0.4, 0.5) is 0 Å². The molecule has 0 aliphatic rings. The molecule has 1 unspecified atom stereocenters. The van der Waals surface area contributed by atoms with Gasteiger partial charge in [0.2, 0.25) is 0 Å². The Bertz CT molecular complexity index is 606. The third kappa shape index (κ3) is 3.84. The van der Waals surface area contributed by atoms with Crippen LogP contribution < -0.4 is 10.5 Å². The highest BCUT2D eigenvalue weighted by molar-refractivity contribution is 5.72. The van der Waals surface area contributed by atoms with Crippen LogP contribution in [0, 0.1) is 0 Å². The first-order valence-electron chi connectivity index (χ1n) is 7.19. The molecule has 2 aromatic carbocycles. The van der Waals surface area contributed by atoms with E-state index in [-0.39, 0.29) is 6.04 Å². The summed E-state index contributed by atoms with van der Waals surface area (Å²) in [5.74, 6) is 0.876. The van der Waals surface area contributed by atoms with Gasteiger partial charge >= 0.3 is 0 Å². The summed E-state index contributed by atoms with van der Waals surface area (Å²) in [5.41, 5.74) is 10.6. The molecule has 0 bridgehead atoms. The highest BCUT2D eigenvalue weighted by Gasteiger charge is 2.10. The van der Waals surface area contributed by atoms with E-state index < -0.39 is 0 Å². The van der Waals surface area contributed by atoms with E-state index in [1.807, 2.05) is 19.1 Å². The molecule has 1 atom stereocenters. The Morgan fingerprint density at radius 1 is 1.14 bits per heavy atom. The Morgan fingerprint density at radius 2 is 1.90 bits per heavy atom. The van der Waals surface area contributed by atoms with E-state index in [0.29, 0.717) is 0 Å². The molecule has 0 saturated heterocycles. The highest BCUT2D eigenvalue weighted by atomic mass is 16.5. The standard InChI is InChI=1S/C18H24N2O/c1-13(19)15-8-9-18(21-4)17(11-15)16-7-5-6-14(10-16)12-20(2)3/h5-11,13H,12,19H2,1-4H3. The second kappa shape index (κ2) is 6.74. The summed E-state index contributed by atoms with van der Waals surface area (Å²) >= 11 is 0. The molecule has 112 valence electrons. The monoisotopic (exact) mass is 284 g/mol. The highest BCUT2D eigenvalue weighted by Crippen LogP contribution is 2.32. The van der Waals surface area contributed by atoms with Crippen molar-refractivity contribution in [3.8, 4) is 16.9 Å². The molecule has 3 heteroatoms. The molecule has 0 amide bonds. The second-order valence-electron chi connectivity index (χ2n) is 5.69. The van der Waals surface area contributed by atoms with E-state index in [1.54, 1.807) is 7.11 Å². The number of methoxy groups -OCH3 is 1. The van der Waals surface area contributed by atoms with Crippen molar-refractivity contribution in [2.75, 3.05) is 21.2 Å². The van der Waals surface area contributed by atoms with E-state index >= 15 is 0 Å². The van der Waals surface area contributed by atoms with Crippen molar-refractivity contribution in [1.29, 1.82) is 0 Å². The maximum atomic E-state index is 6.00. The molecule has 0 aliphatic heterocycles. The van der Waals surface area contributed by atoms with Crippen molar-refractivity contribution in [3.63, 3.8) is 0 Å². The van der Waals surface area contributed by atoms with Crippen molar-refractivity contribution in [3.05, 3.63) is 53.6 Å². The minimum absolute atomic E-state index is 0.0135. The summed E-state index contributed by atoms with van der Waals surface area (Å²) < 4.78 is 5.50. The van der Waals surface area contributed by atoms with Gasteiger partial charge in [-0.05, 0) is 55.9 Å². The molecule has 2 N–H and O–H groups in total. The van der Waals surface area contributed by atoms with Crippen LogP contribution in [0.3, 0.4) is 0 Å². The number of rotatable bonds is 5. The first-order valence-corrected chi connectivity index (χ1v) is 7.19. The lowest BCUT2D eigenvalue weighted by atomic mass is 9.98. The average Bonchev–Trinajstić information content (AvgIpc) is 2.46. The third-order valence-electron chi connectivity index (χ3n) is 3.49. The van der Waals surface area contributed by atoms with Gasteiger partial charge in [0.05, 0.1) is 7.11 Å². The van der Waals surface area contributed by atoms with Crippen molar-refractivity contribution >= 4 is 0 Å². The maximum absolute atomic E-state index is 6.00. The number of nitrogens with two attached hydrogens (primary N) is 1. The lowest BCUT2D eigenvalue weighted by molar-refractivity contribution is 0.402. The summed E-state index contributed by atoms with van der Waals surface area (Å²) in [6.07, 6.45) is 0. The van der Waals surface area contributed by atoms with Gasteiger partial charge in [-0.1, -0.05) is 24.3 Å². The molecule has 21 heavy (non-hydrogen) atoms. The molecular formula is C18H24N2O. The maximum Gasteiger partial charge on any atom is 0.126 e. The molecule has 0 radical (unpaired) electrons. The number of hydrogen-bond donors (Lipinski definition) is 1. The first kappa shape index (κ1) is 15.5. The lowest BCUT2D eigenvalue weighted by Crippen LogP contribution is -2.10. The predicted octanol–water partition coefficient (Wildman–Crippen LogP) is 3.44. The van der Waals surface area contributed by atoms with Gasteiger partial charge in [-0.3, -0.25) is 0 Å². The Labute approximate surface area is 127 Å². The van der Waals surface area contributed by atoms with Gasteiger partial charge in [0, 0.05) is 18.2 Å². The van der Waals surface area contributed by atoms with Crippen LogP contribution in [-0.2, 0) is 6.54 Å². The zero-order valence-electron chi connectivity index (χ0n) is 13.3. The van der Waals surface area contributed by atoms with Gasteiger partial charge in [0.1, 0.15) is 5.75 Å². The SMILES string of the molecule is COc1ccc(C(C)N)cc1-c1cccc(CN(C)C)c1. The molecule has 0 spiro atoms. The second-order valence-corrected chi connectivity index (χ2v) is 5.69. The van der Waals surface area contributed by atoms with E-state index in [2.05, 4.69) is 49.3 Å². The van der Waals surface area contributed by atoms with Gasteiger partial charge in [0.15, 0.2) is 0 Å². The molecule has 2 rings (SSSR count). The summed E-state index contributed by atoms with van der Waals surface area (Å²) in [6, 6.07) is 14.7. The zero-order chi connectivity index (χ0) is 15.4. The first-order chi connectivity index (χ1) is 10.0. The molecule has 3 nitrogen and oxygen atoms in total.